The van der Waals surface area contributed by atoms with E-state index in [1.54, 1.807) is 19.1 Å². The van der Waals surface area contributed by atoms with Gasteiger partial charge in [-0.2, -0.15) is 0 Å². The topological polar surface area (TPSA) is 121 Å². The Labute approximate surface area is 154 Å². The first-order valence-corrected chi connectivity index (χ1v) is 10.2. The van der Waals surface area contributed by atoms with Crippen LogP contribution in [0.1, 0.15) is 38.7 Å². The maximum absolute atomic E-state index is 13.1. The van der Waals surface area contributed by atoms with Crippen molar-refractivity contribution in [3.63, 3.8) is 0 Å². The Kier molecular flexibility index (Phi) is 8.23. The number of carboxylic acids is 1. The molecule has 0 aliphatic heterocycles. The van der Waals surface area contributed by atoms with E-state index in [0.29, 0.717) is 12.8 Å². The first-order chi connectivity index (χ1) is 12.2. The number of aliphatic carboxylic acids is 1. The van der Waals surface area contributed by atoms with E-state index in [9.17, 15) is 23.1 Å². The highest BCUT2D eigenvalue weighted by atomic mass is 32.2. The first-order valence-electron chi connectivity index (χ1n) is 8.63. The Hall–Kier alpha value is -1.93. The Balaban J connectivity index is 3.33. The van der Waals surface area contributed by atoms with Gasteiger partial charge in [-0.1, -0.05) is 38.0 Å². The average Bonchev–Trinajstić information content (AvgIpc) is 2.59. The molecule has 0 radical (unpaired) electrons. The van der Waals surface area contributed by atoms with E-state index in [0.717, 1.165) is 5.56 Å². The van der Waals surface area contributed by atoms with E-state index < -0.39 is 45.5 Å². The minimum absolute atomic E-state index is 0.0267. The van der Waals surface area contributed by atoms with Gasteiger partial charge in [0, 0.05) is 12.5 Å². The average molecular weight is 385 g/mol. The molecule has 3 atom stereocenters. The number of sulfone groups is 1. The number of nitrogens with one attached hydrogen (secondary N) is 1. The van der Waals surface area contributed by atoms with Crippen LogP contribution in [0.15, 0.2) is 29.2 Å². The van der Waals surface area contributed by atoms with Crippen molar-refractivity contribution >= 4 is 21.7 Å². The number of aryl methyl sites for hydroxylation is 1. The van der Waals surface area contributed by atoms with E-state index in [-0.39, 0.29) is 11.3 Å². The summed E-state index contributed by atoms with van der Waals surface area (Å²) in [5.41, 5.74) is 0.870. The zero-order chi connectivity index (χ0) is 19.9. The Morgan fingerprint density at radius 3 is 2.15 bits per heavy atom. The second kappa shape index (κ2) is 9.68. The number of carboxylic acid groups (broad SMARTS) is 1. The molecule has 0 aromatic heterocycles. The second-order valence-electron chi connectivity index (χ2n) is 6.32. The molecule has 7 nitrogen and oxygen atoms in total. The first kappa shape index (κ1) is 22.1. The van der Waals surface area contributed by atoms with Crippen LogP contribution in [0.3, 0.4) is 0 Å². The fourth-order valence-corrected chi connectivity index (χ4v) is 4.67. The highest BCUT2D eigenvalue weighted by Gasteiger charge is 2.41. The summed E-state index contributed by atoms with van der Waals surface area (Å²) in [6, 6.07) is 4.91. The number of hydrogen-bond acceptors (Lipinski definition) is 5. The third-order valence-corrected chi connectivity index (χ3v) is 6.48. The number of carbonyl (C=O) groups excluding carboxylic acids is 1. The van der Waals surface area contributed by atoms with Crippen LogP contribution in [0.4, 0.5) is 0 Å². The van der Waals surface area contributed by atoms with Crippen LogP contribution >= 0.6 is 0 Å². The van der Waals surface area contributed by atoms with Crippen LogP contribution in [-0.2, 0) is 19.4 Å². The van der Waals surface area contributed by atoms with Gasteiger partial charge in [-0.05, 0) is 31.9 Å². The number of rotatable bonds is 10. The van der Waals surface area contributed by atoms with E-state index >= 15 is 0 Å². The maximum Gasteiger partial charge on any atom is 0.326 e. The van der Waals surface area contributed by atoms with Gasteiger partial charge in [0.25, 0.3) is 0 Å². The van der Waals surface area contributed by atoms with E-state index in [2.05, 4.69) is 5.32 Å². The molecular formula is C18H27NO6S. The molecule has 3 N–H and O–H groups in total. The fraction of sp³-hybridized carbons (Fsp3) is 0.556. The molecule has 0 fully saturated rings. The summed E-state index contributed by atoms with van der Waals surface area (Å²) in [5.74, 6) is -2.95. The lowest BCUT2D eigenvalue weighted by Crippen LogP contribution is -2.51. The van der Waals surface area contributed by atoms with Crippen molar-refractivity contribution in [2.45, 2.75) is 56.2 Å². The van der Waals surface area contributed by atoms with Gasteiger partial charge in [-0.15, -0.1) is 0 Å². The molecule has 0 bridgehead atoms. The molecule has 1 aromatic carbocycles. The molecule has 1 unspecified atom stereocenters. The number of carbonyl (C=O) groups is 2. The summed E-state index contributed by atoms with van der Waals surface area (Å²) in [7, 11) is -4.10. The highest BCUT2D eigenvalue weighted by Crippen LogP contribution is 2.25. The number of aliphatic hydroxyl groups is 1. The second-order valence-corrected chi connectivity index (χ2v) is 8.39. The minimum Gasteiger partial charge on any atom is -0.480 e. The number of hydrogen-bond donors (Lipinski definition) is 3. The van der Waals surface area contributed by atoms with Crippen molar-refractivity contribution in [2.24, 2.45) is 5.92 Å². The predicted octanol–water partition coefficient (Wildman–Crippen LogP) is 1.53. The van der Waals surface area contributed by atoms with Gasteiger partial charge in [0.2, 0.25) is 5.91 Å². The summed E-state index contributed by atoms with van der Waals surface area (Å²) in [6.07, 6.45) is 1.02. The summed E-state index contributed by atoms with van der Waals surface area (Å²) in [6.45, 7) is 4.73. The van der Waals surface area contributed by atoms with Crippen LogP contribution in [0, 0.1) is 12.8 Å². The molecule has 0 aliphatic carbocycles. The molecule has 8 heteroatoms. The zero-order valence-electron chi connectivity index (χ0n) is 15.3. The Morgan fingerprint density at radius 2 is 1.73 bits per heavy atom. The van der Waals surface area contributed by atoms with Crippen molar-refractivity contribution in [1.29, 1.82) is 0 Å². The van der Waals surface area contributed by atoms with Gasteiger partial charge in [0.05, 0.1) is 4.90 Å². The smallest absolute Gasteiger partial charge is 0.326 e. The number of benzene rings is 1. The monoisotopic (exact) mass is 385 g/mol. The van der Waals surface area contributed by atoms with Crippen molar-refractivity contribution < 1.29 is 28.2 Å². The standard InChI is InChI=1S/C18H27NO6S/c1-4-6-13(11-20)16(17(21)19-15(5-2)18(22)23)26(24,25)14-9-7-12(3)8-10-14/h7-10,13,15-16,20H,4-6,11H2,1-3H3,(H,19,21)(H,22,23)/t13-,15-,16?/m0/s1. The fourth-order valence-electron chi connectivity index (χ4n) is 2.78. The number of amides is 1. The van der Waals surface area contributed by atoms with Crippen molar-refractivity contribution in [1.82, 2.24) is 5.32 Å². The lowest BCUT2D eigenvalue weighted by Gasteiger charge is -2.26. The highest BCUT2D eigenvalue weighted by molar-refractivity contribution is 7.92. The van der Waals surface area contributed by atoms with Crippen LogP contribution in [0.5, 0.6) is 0 Å². The van der Waals surface area contributed by atoms with Crippen molar-refractivity contribution in [3.8, 4) is 0 Å². The molecule has 0 aliphatic rings. The third kappa shape index (κ3) is 5.28. The van der Waals surface area contributed by atoms with Gasteiger partial charge in [-0.25, -0.2) is 13.2 Å². The van der Waals surface area contributed by atoms with Gasteiger partial charge in [0.1, 0.15) is 11.3 Å². The number of aliphatic hydroxyl groups excluding tert-OH is 1. The van der Waals surface area contributed by atoms with Crippen LogP contribution < -0.4 is 5.32 Å². The summed E-state index contributed by atoms with van der Waals surface area (Å²) in [5, 5.41) is 19.6. The molecule has 1 aromatic rings. The van der Waals surface area contributed by atoms with Gasteiger partial charge >= 0.3 is 5.97 Å². The Morgan fingerprint density at radius 1 is 1.15 bits per heavy atom. The molecule has 0 saturated heterocycles. The maximum atomic E-state index is 13.1. The molecule has 1 amide bonds. The molecule has 26 heavy (non-hydrogen) atoms. The van der Waals surface area contributed by atoms with Gasteiger partial charge in [-0.3, -0.25) is 4.79 Å². The van der Waals surface area contributed by atoms with E-state index in [1.807, 2.05) is 13.8 Å². The zero-order valence-corrected chi connectivity index (χ0v) is 16.1. The largest absolute Gasteiger partial charge is 0.480 e. The van der Waals surface area contributed by atoms with Crippen molar-refractivity contribution in [3.05, 3.63) is 29.8 Å². The van der Waals surface area contributed by atoms with Crippen LogP contribution in [0.25, 0.3) is 0 Å². The molecule has 1 rings (SSSR count). The molecule has 0 saturated carbocycles. The van der Waals surface area contributed by atoms with Gasteiger partial charge < -0.3 is 15.5 Å². The lowest BCUT2D eigenvalue weighted by molar-refractivity contribution is -0.142. The lowest BCUT2D eigenvalue weighted by atomic mass is 9.99. The quantitative estimate of drug-likeness (QED) is 0.562. The molecule has 0 spiro atoms. The molecule has 0 heterocycles. The Bertz CT molecular complexity index is 714. The molecular weight excluding hydrogens is 358 g/mol. The SMILES string of the molecule is CCC[C@@H](CO)C(C(=O)N[C@@H](CC)C(=O)O)S(=O)(=O)c1ccc(C)cc1. The van der Waals surface area contributed by atoms with Crippen LogP contribution in [0.2, 0.25) is 0 Å². The van der Waals surface area contributed by atoms with Crippen molar-refractivity contribution in [2.75, 3.05) is 6.61 Å². The van der Waals surface area contributed by atoms with Gasteiger partial charge in [0.15, 0.2) is 9.84 Å². The summed E-state index contributed by atoms with van der Waals surface area (Å²) in [4.78, 5) is 23.9. The normalized spacial score (nSPS) is 15.1. The van der Waals surface area contributed by atoms with E-state index in [4.69, 9.17) is 5.11 Å². The minimum atomic E-state index is -4.10. The third-order valence-electron chi connectivity index (χ3n) is 4.29. The molecule has 146 valence electrons. The van der Waals surface area contributed by atoms with E-state index in [1.165, 1.54) is 12.1 Å². The summed E-state index contributed by atoms with van der Waals surface area (Å²) >= 11 is 0. The summed E-state index contributed by atoms with van der Waals surface area (Å²) < 4.78 is 26.2. The predicted molar refractivity (Wildman–Crippen MR) is 97.5 cm³/mol. The van der Waals surface area contributed by atoms with Crippen LogP contribution in [-0.4, -0.2) is 48.4 Å².